The normalized spacial score (nSPS) is 14.3. The molecule has 0 aliphatic carbocycles. The summed E-state index contributed by atoms with van der Waals surface area (Å²) in [4.78, 5) is 27.7. The molecule has 508 valence electrons. The van der Waals surface area contributed by atoms with Gasteiger partial charge in [0, 0.05) is 141 Å². The van der Waals surface area contributed by atoms with Crippen molar-refractivity contribution in [1.29, 1.82) is 0 Å². The average Bonchev–Trinajstić information content (AvgIpc) is 1.58. The van der Waals surface area contributed by atoms with E-state index in [1.807, 2.05) is 61.6 Å². The van der Waals surface area contributed by atoms with Crippen LogP contribution in [-0.4, -0.2) is 83.6 Å². The summed E-state index contributed by atoms with van der Waals surface area (Å²) in [5.74, 6) is 3.70. The van der Waals surface area contributed by atoms with E-state index in [4.69, 9.17) is 29.9 Å². The summed E-state index contributed by atoms with van der Waals surface area (Å²) >= 11 is 6.98. The van der Waals surface area contributed by atoms with Crippen LogP contribution in [0.25, 0.3) is 65.6 Å². The number of aryl methyl sites for hydroxylation is 8. The second-order valence-corrected chi connectivity index (χ2v) is 30.3. The van der Waals surface area contributed by atoms with E-state index in [1.165, 1.54) is 23.5 Å². The first-order valence-corrected chi connectivity index (χ1v) is 37.4. The van der Waals surface area contributed by atoms with Crippen molar-refractivity contribution in [2.45, 2.75) is 125 Å². The van der Waals surface area contributed by atoms with E-state index in [-0.39, 0.29) is 11.4 Å². The topological polar surface area (TPSA) is 174 Å². The third-order valence-corrected chi connectivity index (χ3v) is 22.3. The molecule has 12 aromatic rings. The Kier molecular flexibility index (Phi) is 20.0. The molecule has 0 unspecified atom stereocenters. The van der Waals surface area contributed by atoms with Crippen molar-refractivity contribution in [3.63, 3.8) is 0 Å². The van der Waals surface area contributed by atoms with E-state index in [2.05, 4.69) is 97.7 Å². The maximum atomic E-state index is 16.1. The van der Waals surface area contributed by atoms with Gasteiger partial charge in [0.25, 0.3) is 0 Å². The molecule has 2 N–H and O–H groups in total. The zero-order chi connectivity index (χ0) is 68.8. The molecular weight excluding hydrogens is 1320 g/mol. The van der Waals surface area contributed by atoms with Crippen LogP contribution in [0.5, 0.6) is 11.5 Å². The molecule has 14 rings (SSSR count). The second kappa shape index (κ2) is 28.8. The van der Waals surface area contributed by atoms with Gasteiger partial charge in [-0.15, -0.1) is 47.0 Å². The molecule has 2 aliphatic heterocycles. The lowest BCUT2D eigenvalue weighted by Crippen LogP contribution is -2.09. The zero-order valence-electron chi connectivity index (χ0n) is 56.8. The fourth-order valence-electron chi connectivity index (χ4n) is 14.1. The van der Waals surface area contributed by atoms with E-state index < -0.39 is 23.6 Å². The Hall–Kier alpha value is -8.44. The number of rotatable bonds is 6. The number of carboxylic acid groups (broad SMARTS) is 2. The van der Waals surface area contributed by atoms with E-state index in [0.29, 0.717) is 130 Å². The first kappa shape index (κ1) is 68.1. The minimum absolute atomic E-state index is 0.165. The third-order valence-electron chi connectivity index (χ3n) is 18.3. The summed E-state index contributed by atoms with van der Waals surface area (Å²) in [5.41, 5.74) is 12.5. The summed E-state index contributed by atoms with van der Waals surface area (Å²) in [7, 11) is 7.20. The predicted octanol–water partition coefficient (Wildman–Crippen LogP) is 17.6. The van der Waals surface area contributed by atoms with Gasteiger partial charge in [0.2, 0.25) is 0 Å². The minimum atomic E-state index is -1.04. The highest BCUT2D eigenvalue weighted by Crippen LogP contribution is 2.44. The quantitative estimate of drug-likeness (QED) is 0.161. The lowest BCUT2D eigenvalue weighted by molar-refractivity contribution is 0.0675. The van der Waals surface area contributed by atoms with Crippen molar-refractivity contribution in [3.05, 3.63) is 189 Å². The van der Waals surface area contributed by atoms with E-state index in [9.17, 15) is 19.8 Å². The molecule has 0 fully saturated rings. The Morgan fingerprint density at radius 1 is 0.510 bits per heavy atom. The summed E-state index contributed by atoms with van der Waals surface area (Å²) in [5, 5.41) is 46.0. The van der Waals surface area contributed by atoms with Crippen LogP contribution in [0.4, 0.5) is 8.78 Å². The molecule has 0 saturated carbocycles. The standard InChI is InChI=1S/2C38H40FN5O3S2/c2*1-22(2)18-44-26-16-25(41-44)19-48-21-32-34(23(3)40-43(32)5)35-31(39)13-12-30-29(37(38(45)46)42(4)36(30)35)11-8-14-47-33-17-27(49-20-26)15-24-9-6-7-10-28(24)33/h2*6-7,9-10,12-13,15-17,22H,8,11,14,18-21H2,1-5H3,(H,45,46). The van der Waals surface area contributed by atoms with Crippen LogP contribution in [0.15, 0.2) is 119 Å². The molecule has 6 aromatic heterocycles. The lowest BCUT2D eigenvalue weighted by atomic mass is 9.98. The van der Waals surface area contributed by atoms with Crippen molar-refractivity contribution in [2.75, 3.05) is 13.2 Å². The highest BCUT2D eigenvalue weighted by Gasteiger charge is 2.31. The summed E-state index contributed by atoms with van der Waals surface area (Å²) in [6.45, 7) is 15.1. The molecule has 22 heteroatoms. The van der Waals surface area contributed by atoms with E-state index in [0.717, 1.165) is 101 Å². The molecule has 16 nitrogen and oxygen atoms in total. The number of carbonyl (C=O) groups is 2. The first-order valence-electron chi connectivity index (χ1n) is 33.2. The number of aromatic nitrogens is 10. The number of thioether (sulfide) groups is 4. The van der Waals surface area contributed by atoms with Gasteiger partial charge in [-0.25, -0.2) is 18.4 Å². The fraction of sp³-hybridized carbons (Fsp3) is 0.342. The SMILES string of the molecule is Cc1nn(C)c2c1-c1c(F)ccc3c(c(C(=O)O)n(C)c13)CCCOc1cc(cc3ccccc13)SCc1cc(nn1CC(C)C)CSC2.Cc1nn(C)c2c1-c1c(F)ccc3c(c(C(=O)O)n(C)c13)CCCOc1cc(cc3ccccc13)SCc1cc(nn1CC(C)C)CSC2. The molecule has 16 bridgehead atoms. The number of carboxylic acids is 2. The summed E-state index contributed by atoms with van der Waals surface area (Å²) in [6.07, 6.45) is 2.10. The van der Waals surface area contributed by atoms with Gasteiger partial charge < -0.3 is 28.8 Å². The number of hydrogen-bond donors (Lipinski definition) is 2. The molecule has 0 spiro atoms. The molecule has 0 amide bonds. The van der Waals surface area contributed by atoms with Gasteiger partial charge in [-0.1, -0.05) is 76.2 Å². The number of fused-ring (bicyclic) bond motifs is 16. The molecular formula is C76H80F2N10O6S4. The molecule has 0 radical (unpaired) electrons. The van der Waals surface area contributed by atoms with Crippen LogP contribution in [0.1, 0.15) is 118 Å². The first-order chi connectivity index (χ1) is 47.2. The minimum Gasteiger partial charge on any atom is -0.493 e. The largest absolute Gasteiger partial charge is 0.493 e. The number of ether oxygens (including phenoxy) is 2. The van der Waals surface area contributed by atoms with Crippen molar-refractivity contribution >= 4 is 102 Å². The molecule has 6 aromatic carbocycles. The Balaban J connectivity index is 0.000000176. The predicted molar refractivity (Wildman–Crippen MR) is 392 cm³/mol. The lowest BCUT2D eigenvalue weighted by Gasteiger charge is -2.13. The van der Waals surface area contributed by atoms with E-state index >= 15 is 8.78 Å². The number of benzene rings is 6. The Labute approximate surface area is 585 Å². The molecule has 8 heterocycles. The van der Waals surface area contributed by atoms with Crippen LogP contribution in [-0.2, 0) is 88.6 Å². The van der Waals surface area contributed by atoms with Gasteiger partial charge in [-0.2, -0.15) is 20.4 Å². The molecule has 0 atom stereocenters. The van der Waals surface area contributed by atoms with Crippen molar-refractivity contribution in [3.8, 4) is 33.8 Å². The van der Waals surface area contributed by atoms with Crippen molar-refractivity contribution in [1.82, 2.24) is 48.3 Å². The van der Waals surface area contributed by atoms with E-state index in [1.54, 1.807) is 82.4 Å². The highest BCUT2D eigenvalue weighted by molar-refractivity contribution is 7.99. The van der Waals surface area contributed by atoms with Gasteiger partial charge in [0.15, 0.2) is 0 Å². The summed E-state index contributed by atoms with van der Waals surface area (Å²) in [6, 6.07) is 35.8. The van der Waals surface area contributed by atoms with Crippen molar-refractivity contribution in [2.24, 2.45) is 40.0 Å². The second-order valence-electron chi connectivity index (χ2n) is 26.2. The molecule has 98 heavy (non-hydrogen) atoms. The van der Waals surface area contributed by atoms with Crippen molar-refractivity contribution < 1.29 is 38.1 Å². The Bertz CT molecular complexity index is 4750. The Morgan fingerprint density at radius 3 is 1.32 bits per heavy atom. The number of halogens is 2. The van der Waals surface area contributed by atoms with Gasteiger partial charge in [0.1, 0.15) is 34.5 Å². The van der Waals surface area contributed by atoms with Crippen LogP contribution < -0.4 is 9.47 Å². The maximum absolute atomic E-state index is 16.1. The molecule has 0 saturated heterocycles. The maximum Gasteiger partial charge on any atom is 0.352 e. The fourth-order valence-corrected chi connectivity index (χ4v) is 18.0. The van der Waals surface area contributed by atoms with Crippen LogP contribution in [0.3, 0.4) is 0 Å². The van der Waals surface area contributed by atoms with Gasteiger partial charge in [-0.05, 0) is 134 Å². The third kappa shape index (κ3) is 13.6. The number of hydrogen-bond acceptors (Lipinski definition) is 12. The van der Waals surface area contributed by atoms with Crippen LogP contribution >= 0.6 is 47.0 Å². The zero-order valence-corrected chi connectivity index (χ0v) is 60.1. The van der Waals surface area contributed by atoms with Gasteiger partial charge >= 0.3 is 11.9 Å². The smallest absolute Gasteiger partial charge is 0.352 e. The van der Waals surface area contributed by atoms with Crippen LogP contribution in [0.2, 0.25) is 0 Å². The van der Waals surface area contributed by atoms with Gasteiger partial charge in [0.05, 0.1) is 58.4 Å². The summed E-state index contributed by atoms with van der Waals surface area (Å²) < 4.78 is 56.2. The Morgan fingerprint density at radius 2 is 0.918 bits per heavy atom. The highest BCUT2D eigenvalue weighted by atomic mass is 32.2. The van der Waals surface area contributed by atoms with Crippen LogP contribution in [0, 0.1) is 37.3 Å². The number of aromatic carboxylic acids is 2. The van der Waals surface area contributed by atoms with Gasteiger partial charge in [-0.3, -0.25) is 18.7 Å². The monoisotopic (exact) mass is 1390 g/mol. The molecule has 2 aliphatic rings. The average molecular weight is 1400 g/mol. The number of nitrogens with zero attached hydrogens (tertiary/aromatic N) is 10.